The van der Waals surface area contributed by atoms with Gasteiger partial charge in [0.15, 0.2) is 28.6 Å². The molecule has 4 aromatic carbocycles. The summed E-state index contributed by atoms with van der Waals surface area (Å²) < 4.78 is 18.2. The Balaban J connectivity index is 1.43. The number of nitrogens with one attached hydrogen (secondary N) is 1. The van der Waals surface area contributed by atoms with Gasteiger partial charge in [-0.1, -0.05) is 47.9 Å². The van der Waals surface area contributed by atoms with Crippen LogP contribution in [-0.2, 0) is 0 Å². The maximum Gasteiger partial charge on any atom is 0.172 e. The van der Waals surface area contributed by atoms with Crippen molar-refractivity contribution < 1.29 is 13.9 Å². The van der Waals surface area contributed by atoms with E-state index in [9.17, 15) is 0 Å². The van der Waals surface area contributed by atoms with Crippen LogP contribution in [0.3, 0.4) is 0 Å². The average Bonchev–Trinajstić information content (AvgIpc) is 3.13. The Kier molecular flexibility index (Phi) is 3.38. The summed E-state index contributed by atoms with van der Waals surface area (Å²) in [4.78, 5) is 0. The number of benzene rings is 4. The van der Waals surface area contributed by atoms with Gasteiger partial charge >= 0.3 is 0 Å². The van der Waals surface area contributed by atoms with Gasteiger partial charge in [-0.15, -0.1) is 0 Å². The van der Waals surface area contributed by atoms with Gasteiger partial charge in [0.2, 0.25) is 0 Å². The minimum atomic E-state index is 0.689. The summed E-state index contributed by atoms with van der Waals surface area (Å²) >= 11 is 0. The molecule has 4 nitrogen and oxygen atoms in total. The number of rotatable bonds is 2. The zero-order valence-corrected chi connectivity index (χ0v) is 15.7. The molecule has 1 N–H and O–H groups in total. The molecule has 0 radical (unpaired) electrons. The second-order valence-electron chi connectivity index (χ2n) is 7.17. The molecule has 0 atom stereocenters. The van der Waals surface area contributed by atoms with Crippen LogP contribution in [0, 0.1) is 0 Å². The van der Waals surface area contributed by atoms with Gasteiger partial charge in [-0.25, -0.2) is 0 Å². The first-order valence-electron chi connectivity index (χ1n) is 9.53. The standard InChI is InChI=1S/C24H16BNO3/c25-16-12-22-23(28-21-11-4-3-10-20(21)27-22)13-18(16)26-17-8-5-7-15-14-6-1-2-9-19(14)29-24(15)17/h1-13,26H,25H2. The van der Waals surface area contributed by atoms with Gasteiger partial charge in [0.25, 0.3) is 0 Å². The monoisotopic (exact) mass is 377 g/mol. The van der Waals surface area contributed by atoms with Crippen LogP contribution >= 0.6 is 0 Å². The molecule has 0 aliphatic carbocycles. The fourth-order valence-corrected chi connectivity index (χ4v) is 3.80. The zero-order valence-electron chi connectivity index (χ0n) is 15.7. The quantitative estimate of drug-likeness (QED) is 0.406. The molecule has 5 aromatic rings. The van der Waals surface area contributed by atoms with E-state index in [-0.39, 0.29) is 0 Å². The lowest BCUT2D eigenvalue weighted by atomic mass is 9.93. The molecule has 0 saturated heterocycles. The van der Waals surface area contributed by atoms with E-state index in [2.05, 4.69) is 17.4 Å². The lowest BCUT2D eigenvalue weighted by molar-refractivity contribution is 0.360. The first-order chi connectivity index (χ1) is 14.3. The molecular formula is C24H16BNO3. The highest BCUT2D eigenvalue weighted by molar-refractivity contribution is 6.36. The molecule has 0 bridgehead atoms. The maximum absolute atomic E-state index is 6.14. The normalized spacial score (nSPS) is 12.1. The maximum atomic E-state index is 6.14. The van der Waals surface area contributed by atoms with Crippen LogP contribution in [0.15, 0.2) is 83.3 Å². The molecule has 6 rings (SSSR count). The van der Waals surface area contributed by atoms with Crippen LogP contribution in [0.25, 0.3) is 21.9 Å². The van der Waals surface area contributed by atoms with Gasteiger partial charge in [0, 0.05) is 22.5 Å². The van der Waals surface area contributed by atoms with E-state index in [4.69, 9.17) is 13.9 Å². The summed E-state index contributed by atoms with van der Waals surface area (Å²) in [5.74, 6) is 2.85. The van der Waals surface area contributed by atoms with Gasteiger partial charge in [-0.2, -0.15) is 0 Å². The molecule has 5 heteroatoms. The van der Waals surface area contributed by atoms with Crippen molar-refractivity contribution in [1.82, 2.24) is 0 Å². The van der Waals surface area contributed by atoms with Gasteiger partial charge in [0.05, 0.1) is 5.69 Å². The van der Waals surface area contributed by atoms with Crippen LogP contribution in [0.1, 0.15) is 0 Å². The van der Waals surface area contributed by atoms with Crippen molar-refractivity contribution in [3.63, 3.8) is 0 Å². The smallest absolute Gasteiger partial charge is 0.172 e. The molecule has 1 aliphatic rings. The van der Waals surface area contributed by atoms with Crippen LogP contribution in [-0.4, -0.2) is 7.85 Å². The summed E-state index contributed by atoms with van der Waals surface area (Å²) in [6, 6.07) is 25.9. The number of anilines is 2. The molecule has 1 aliphatic heterocycles. The Morgan fingerprint density at radius 3 is 2.14 bits per heavy atom. The molecule has 138 valence electrons. The lowest BCUT2D eigenvalue weighted by Crippen LogP contribution is -2.12. The van der Waals surface area contributed by atoms with Gasteiger partial charge < -0.3 is 19.2 Å². The topological polar surface area (TPSA) is 43.6 Å². The zero-order chi connectivity index (χ0) is 19.4. The molecule has 0 fully saturated rings. The molecular weight excluding hydrogens is 361 g/mol. The second-order valence-corrected chi connectivity index (χ2v) is 7.17. The SMILES string of the molecule is Bc1cc2c(cc1Nc1cccc3c1oc1ccccc13)Oc1ccccc1O2. The lowest BCUT2D eigenvalue weighted by Gasteiger charge is -2.22. The Morgan fingerprint density at radius 1 is 0.621 bits per heavy atom. The van der Waals surface area contributed by atoms with Crippen LogP contribution in [0.4, 0.5) is 11.4 Å². The van der Waals surface area contributed by atoms with Gasteiger partial charge in [-0.3, -0.25) is 0 Å². The van der Waals surface area contributed by atoms with Crippen LogP contribution in [0.2, 0.25) is 0 Å². The third-order valence-corrected chi connectivity index (χ3v) is 5.25. The summed E-state index contributed by atoms with van der Waals surface area (Å²) in [6.07, 6.45) is 0. The number of fused-ring (bicyclic) bond motifs is 5. The number of hydrogen-bond acceptors (Lipinski definition) is 4. The summed E-state index contributed by atoms with van der Waals surface area (Å²) in [5.41, 5.74) is 4.64. The third-order valence-electron chi connectivity index (χ3n) is 5.25. The third kappa shape index (κ3) is 2.55. The Labute approximate surface area is 168 Å². The van der Waals surface area contributed by atoms with E-state index in [0.29, 0.717) is 17.2 Å². The van der Waals surface area contributed by atoms with E-state index >= 15 is 0 Å². The number of hydrogen-bond donors (Lipinski definition) is 1. The summed E-state index contributed by atoms with van der Waals surface area (Å²) in [6.45, 7) is 0. The highest BCUT2D eigenvalue weighted by Crippen LogP contribution is 2.45. The summed E-state index contributed by atoms with van der Waals surface area (Å²) in [5, 5.41) is 5.73. The Morgan fingerprint density at radius 2 is 1.31 bits per heavy atom. The number of furan rings is 1. The van der Waals surface area contributed by atoms with Crippen molar-refractivity contribution in [3.8, 4) is 23.0 Å². The molecule has 0 spiro atoms. The highest BCUT2D eigenvalue weighted by atomic mass is 16.6. The van der Waals surface area contributed by atoms with Crippen molar-refractivity contribution in [2.24, 2.45) is 0 Å². The van der Waals surface area contributed by atoms with E-state index in [1.165, 1.54) is 0 Å². The Bertz CT molecular complexity index is 1410. The fourth-order valence-electron chi connectivity index (χ4n) is 3.80. The minimum absolute atomic E-state index is 0.689. The number of ether oxygens (including phenoxy) is 2. The first-order valence-corrected chi connectivity index (χ1v) is 9.53. The molecule has 0 amide bonds. The van der Waals surface area contributed by atoms with Crippen molar-refractivity contribution in [2.45, 2.75) is 0 Å². The van der Waals surface area contributed by atoms with Crippen LogP contribution < -0.4 is 20.3 Å². The largest absolute Gasteiger partial charge is 0.454 e. The Hall–Kier alpha value is -3.86. The van der Waals surface area contributed by atoms with Crippen molar-refractivity contribution in [3.05, 3.63) is 78.9 Å². The summed E-state index contributed by atoms with van der Waals surface area (Å²) in [7, 11) is 2.05. The molecule has 29 heavy (non-hydrogen) atoms. The predicted molar refractivity (Wildman–Crippen MR) is 118 cm³/mol. The van der Waals surface area contributed by atoms with E-state index in [1.807, 2.05) is 74.6 Å². The van der Waals surface area contributed by atoms with Gasteiger partial charge in [-0.05, 0) is 30.3 Å². The molecule has 0 unspecified atom stereocenters. The van der Waals surface area contributed by atoms with E-state index in [1.54, 1.807) is 0 Å². The average molecular weight is 377 g/mol. The molecule has 2 heterocycles. The van der Waals surface area contributed by atoms with Crippen LogP contribution in [0.5, 0.6) is 23.0 Å². The molecule has 0 saturated carbocycles. The first kappa shape index (κ1) is 16.1. The van der Waals surface area contributed by atoms with Crippen molar-refractivity contribution in [2.75, 3.05) is 5.32 Å². The fraction of sp³-hybridized carbons (Fsp3) is 0. The number of para-hydroxylation sites is 4. The van der Waals surface area contributed by atoms with E-state index in [0.717, 1.165) is 44.5 Å². The van der Waals surface area contributed by atoms with Crippen molar-refractivity contribution in [1.29, 1.82) is 0 Å². The molecule has 1 aromatic heterocycles. The predicted octanol–water partition coefficient (Wildman–Crippen LogP) is 5.49. The van der Waals surface area contributed by atoms with Crippen molar-refractivity contribution >= 4 is 46.6 Å². The second kappa shape index (κ2) is 6.07. The van der Waals surface area contributed by atoms with Gasteiger partial charge in [0.1, 0.15) is 13.4 Å². The minimum Gasteiger partial charge on any atom is -0.454 e. The highest BCUT2D eigenvalue weighted by Gasteiger charge is 2.20. The van der Waals surface area contributed by atoms with E-state index < -0.39 is 0 Å².